The number of nitrogen functional groups attached to an aromatic ring is 1. The molecular weight excluding hydrogens is 1010 g/mol. The summed E-state index contributed by atoms with van der Waals surface area (Å²) in [5, 5.41) is 24.2. The minimum atomic E-state index is -3.75. The van der Waals surface area contributed by atoms with Gasteiger partial charge in [-0.25, -0.2) is 16.8 Å². The van der Waals surface area contributed by atoms with Crippen LogP contribution < -0.4 is 29.7 Å². The standard InChI is InChI=1S/C18H20N2O4S.C15H13NO4S.C10H12O2.C9H9NO.C6H7N/c1-23-14-6-8-15(9-7-14)25(21,22)20-12-10-18(19-11-13-24-18)16-4-2-3-5-17(16)20;17-11-5-7-12(8-6-11)21(19,20)16-10-9-15(18)13-3-1-2-4-14(13)16;11-10(12)8-4-7-9-5-2-1-3-6-9;11-9-5-6-10-8-4-2-1-3-7(8)9;7-6-4-2-1-3-5-6/h2-9,19H,10-13H2,1H3;1-8,17H,9-10H2;1-3,5-6H,4,7-8H2,(H,11,12);1-4,10H,5-6H2;1-5H,7H2. The predicted molar refractivity (Wildman–Crippen MR) is 294 cm³/mol. The molecule has 0 radical (unpaired) electrons. The van der Waals surface area contributed by atoms with Gasteiger partial charge in [-0.2, -0.15) is 0 Å². The van der Waals surface area contributed by atoms with Crippen molar-refractivity contribution < 1.29 is 50.9 Å². The molecule has 396 valence electrons. The molecule has 11 rings (SSSR count). The number of carboxylic acids is 1. The number of benzene rings is 7. The molecule has 0 aromatic heterocycles. The fourth-order valence-corrected chi connectivity index (χ4v) is 11.8. The Labute approximate surface area is 443 Å². The molecule has 4 aliphatic rings. The summed E-state index contributed by atoms with van der Waals surface area (Å²) in [4.78, 5) is 33.7. The Morgan fingerprint density at radius 1 is 0.658 bits per heavy atom. The number of phenolic OH excluding ortho intramolecular Hbond substituents is 1. The van der Waals surface area contributed by atoms with Crippen LogP contribution in [0.5, 0.6) is 11.5 Å². The summed E-state index contributed by atoms with van der Waals surface area (Å²) < 4.78 is 65.5. The van der Waals surface area contributed by atoms with Gasteiger partial charge in [0, 0.05) is 79.9 Å². The molecule has 0 bridgehead atoms. The number of sulfonamides is 2. The number of rotatable bonds is 9. The molecule has 1 saturated heterocycles. The number of ketones is 2. The van der Waals surface area contributed by atoms with Gasteiger partial charge in [0.25, 0.3) is 20.0 Å². The smallest absolute Gasteiger partial charge is 0.303 e. The number of nitrogens with zero attached hydrogens (tertiary/aromatic N) is 2. The SMILES string of the molecule is COc1ccc(S(=O)(=O)N2CCC3(NCCO3)c3ccccc32)cc1.Nc1ccccc1.O=C(O)CCCc1ccccc1.O=C1CCN(S(=O)(=O)c2ccc(O)cc2)c2ccccc21.O=C1CCNc2ccccc21. The second-order valence-corrected chi connectivity index (χ2v) is 21.4. The number of Topliss-reactive ketones (excluding diaryl/α,β-unsaturated/α-hetero) is 2. The third-order valence-electron chi connectivity index (χ3n) is 12.6. The second kappa shape index (κ2) is 26.0. The van der Waals surface area contributed by atoms with Crippen LogP contribution in [0.2, 0.25) is 0 Å². The Hall–Kier alpha value is -8.03. The molecular formula is C58H61N5O11S2. The van der Waals surface area contributed by atoms with E-state index in [1.54, 1.807) is 55.6 Å². The van der Waals surface area contributed by atoms with Crippen molar-refractivity contribution in [1.29, 1.82) is 0 Å². The maximum absolute atomic E-state index is 13.2. The van der Waals surface area contributed by atoms with E-state index < -0.39 is 31.7 Å². The number of ether oxygens (including phenoxy) is 2. The van der Waals surface area contributed by atoms with Crippen molar-refractivity contribution in [3.05, 3.63) is 204 Å². The molecule has 16 nitrogen and oxygen atoms in total. The van der Waals surface area contributed by atoms with E-state index in [1.807, 2.05) is 109 Å². The molecule has 1 atom stereocenters. The highest BCUT2D eigenvalue weighted by Gasteiger charge is 2.45. The van der Waals surface area contributed by atoms with Gasteiger partial charge >= 0.3 is 5.97 Å². The van der Waals surface area contributed by atoms with Crippen molar-refractivity contribution in [2.45, 2.75) is 54.0 Å². The maximum Gasteiger partial charge on any atom is 0.303 e. The van der Waals surface area contributed by atoms with Gasteiger partial charge in [0.2, 0.25) is 0 Å². The Balaban J connectivity index is 0.000000148. The lowest BCUT2D eigenvalue weighted by molar-refractivity contribution is -0.137. The van der Waals surface area contributed by atoms with Crippen molar-refractivity contribution >= 4 is 60.3 Å². The van der Waals surface area contributed by atoms with Gasteiger partial charge in [0.05, 0.1) is 34.9 Å². The van der Waals surface area contributed by atoms with Crippen LogP contribution in [-0.4, -0.2) is 84.5 Å². The van der Waals surface area contributed by atoms with E-state index >= 15 is 0 Å². The van der Waals surface area contributed by atoms with Crippen LogP contribution >= 0.6 is 0 Å². The number of phenols is 1. The van der Waals surface area contributed by atoms with Crippen LogP contribution in [0.25, 0.3) is 0 Å². The minimum absolute atomic E-state index is 0.00294. The van der Waals surface area contributed by atoms with E-state index in [1.165, 1.54) is 38.4 Å². The topological polar surface area (TPSA) is 235 Å². The largest absolute Gasteiger partial charge is 0.508 e. The number of nitrogens with two attached hydrogens (primary N) is 1. The fraction of sp³-hybridized carbons (Fsp3) is 0.224. The number of carboxylic acid groups (broad SMARTS) is 1. The number of anilines is 4. The minimum Gasteiger partial charge on any atom is -0.508 e. The number of hydrogen-bond acceptors (Lipinski definition) is 13. The lowest BCUT2D eigenvalue weighted by atomic mass is 9.94. The lowest BCUT2D eigenvalue weighted by Crippen LogP contribution is -2.48. The van der Waals surface area contributed by atoms with Crippen molar-refractivity contribution in [3.8, 4) is 11.5 Å². The molecule has 0 aliphatic carbocycles. The lowest BCUT2D eigenvalue weighted by Gasteiger charge is -2.40. The first-order valence-electron chi connectivity index (χ1n) is 24.6. The van der Waals surface area contributed by atoms with E-state index in [0.29, 0.717) is 48.7 Å². The van der Waals surface area contributed by atoms with Gasteiger partial charge in [-0.15, -0.1) is 0 Å². The van der Waals surface area contributed by atoms with Gasteiger partial charge in [-0.1, -0.05) is 91.0 Å². The van der Waals surface area contributed by atoms with Crippen molar-refractivity contribution in [2.75, 3.05) is 59.6 Å². The predicted octanol–water partition coefficient (Wildman–Crippen LogP) is 9.29. The summed E-state index contributed by atoms with van der Waals surface area (Å²) in [7, 11) is -5.84. The molecule has 18 heteroatoms. The molecule has 4 heterocycles. The summed E-state index contributed by atoms with van der Waals surface area (Å²) in [6.45, 7) is 2.65. The van der Waals surface area contributed by atoms with Crippen LogP contribution in [0.15, 0.2) is 192 Å². The first-order chi connectivity index (χ1) is 36.6. The molecule has 76 heavy (non-hydrogen) atoms. The van der Waals surface area contributed by atoms with Crippen molar-refractivity contribution in [3.63, 3.8) is 0 Å². The number of carbonyl (C=O) groups is 3. The summed E-state index contributed by atoms with van der Waals surface area (Å²) in [5.74, 6) is 0.108. The quantitative estimate of drug-likeness (QED) is 0.0848. The number of carbonyl (C=O) groups excluding carboxylic acids is 2. The maximum atomic E-state index is 13.2. The third kappa shape index (κ3) is 14.0. The fourth-order valence-electron chi connectivity index (χ4n) is 8.78. The Morgan fingerprint density at radius 2 is 1.21 bits per heavy atom. The molecule has 1 unspecified atom stereocenters. The van der Waals surface area contributed by atoms with Crippen LogP contribution in [0.4, 0.5) is 22.7 Å². The van der Waals surface area contributed by atoms with Gasteiger partial charge in [-0.3, -0.25) is 28.3 Å². The summed E-state index contributed by atoms with van der Waals surface area (Å²) in [6, 6.07) is 53.1. The zero-order valence-electron chi connectivity index (χ0n) is 42.0. The first kappa shape index (κ1) is 55.7. The van der Waals surface area contributed by atoms with Gasteiger partial charge in [-0.05, 0) is 109 Å². The monoisotopic (exact) mass is 1070 g/mol. The van der Waals surface area contributed by atoms with E-state index in [9.17, 15) is 36.3 Å². The van der Waals surface area contributed by atoms with Crippen molar-refractivity contribution in [1.82, 2.24) is 5.32 Å². The van der Waals surface area contributed by atoms with Gasteiger partial charge in [0.15, 0.2) is 11.6 Å². The van der Waals surface area contributed by atoms with E-state index in [4.69, 9.17) is 20.3 Å². The third-order valence-corrected chi connectivity index (χ3v) is 16.3. The molecule has 4 aliphatic heterocycles. The van der Waals surface area contributed by atoms with Crippen LogP contribution in [0, 0.1) is 0 Å². The first-order valence-corrected chi connectivity index (χ1v) is 27.5. The highest BCUT2D eigenvalue weighted by molar-refractivity contribution is 7.93. The molecule has 0 amide bonds. The number of methoxy groups -OCH3 is 1. The van der Waals surface area contributed by atoms with Crippen LogP contribution in [-0.2, 0) is 41.7 Å². The molecule has 1 spiro atoms. The van der Waals surface area contributed by atoms with Gasteiger partial charge in [0.1, 0.15) is 17.2 Å². The van der Waals surface area contributed by atoms with E-state index in [0.717, 1.165) is 48.4 Å². The molecule has 0 saturated carbocycles. The number of para-hydroxylation sites is 4. The number of nitrogens with one attached hydrogen (secondary N) is 2. The molecule has 7 aromatic carbocycles. The van der Waals surface area contributed by atoms with Crippen molar-refractivity contribution in [2.24, 2.45) is 0 Å². The second-order valence-electron chi connectivity index (χ2n) is 17.7. The molecule has 1 fully saturated rings. The molecule has 6 N–H and O–H groups in total. The van der Waals surface area contributed by atoms with Gasteiger partial charge < -0.3 is 30.7 Å². The number of aryl methyl sites for hydroxylation is 1. The number of hydrogen-bond donors (Lipinski definition) is 5. The van der Waals surface area contributed by atoms with E-state index in [-0.39, 0.29) is 46.5 Å². The number of aliphatic carboxylic acids is 1. The Morgan fingerprint density at radius 3 is 1.80 bits per heavy atom. The Bertz CT molecular complexity index is 3290. The highest BCUT2D eigenvalue weighted by Crippen LogP contribution is 2.43. The Kier molecular flexibility index (Phi) is 19.0. The normalized spacial score (nSPS) is 16.2. The zero-order chi connectivity index (χ0) is 54.1. The summed E-state index contributed by atoms with van der Waals surface area (Å²) in [5.41, 5.74) is 11.0. The van der Waals surface area contributed by atoms with Crippen LogP contribution in [0.1, 0.15) is 63.9 Å². The average Bonchev–Trinajstić information content (AvgIpc) is 3.94. The molecule has 7 aromatic rings. The highest BCUT2D eigenvalue weighted by atomic mass is 32.2. The van der Waals surface area contributed by atoms with Crippen LogP contribution in [0.3, 0.4) is 0 Å². The average molecular weight is 1070 g/mol. The number of aromatic hydroxyl groups is 1. The summed E-state index contributed by atoms with van der Waals surface area (Å²) in [6.07, 6.45) is 3.19. The van der Waals surface area contributed by atoms with E-state index in [2.05, 4.69) is 10.6 Å². The summed E-state index contributed by atoms with van der Waals surface area (Å²) >= 11 is 0. The zero-order valence-corrected chi connectivity index (χ0v) is 43.6. The number of fused-ring (bicyclic) bond motifs is 4.